The summed E-state index contributed by atoms with van der Waals surface area (Å²) in [6.07, 6.45) is 0. The Balaban J connectivity index is 2.07. The van der Waals surface area contributed by atoms with Crippen molar-refractivity contribution in [3.63, 3.8) is 0 Å². The van der Waals surface area contributed by atoms with Crippen LogP contribution in [0.3, 0.4) is 0 Å². The zero-order valence-electron chi connectivity index (χ0n) is 9.22. The summed E-state index contributed by atoms with van der Waals surface area (Å²) in [6, 6.07) is 7.25. The number of halogens is 1. The van der Waals surface area contributed by atoms with Crippen LogP contribution in [0.25, 0.3) is 0 Å². The fraction of sp³-hybridized carbons (Fsp3) is 0.200. The summed E-state index contributed by atoms with van der Waals surface area (Å²) in [7, 11) is 1.79. The molecule has 0 fully saturated rings. The van der Waals surface area contributed by atoms with Crippen molar-refractivity contribution >= 4 is 17.5 Å². The van der Waals surface area contributed by atoms with Crippen molar-refractivity contribution in [2.75, 3.05) is 5.43 Å². The van der Waals surface area contributed by atoms with Crippen LogP contribution >= 0.6 is 11.6 Å². The summed E-state index contributed by atoms with van der Waals surface area (Å²) in [5.74, 6) is 7.00. The van der Waals surface area contributed by atoms with Crippen molar-refractivity contribution in [2.45, 2.75) is 6.61 Å². The topological polar surface area (TPSA) is 78.0 Å². The third kappa shape index (κ3) is 2.48. The smallest absolute Gasteiger partial charge is 0.238 e. The van der Waals surface area contributed by atoms with Gasteiger partial charge < -0.3 is 4.74 Å². The Morgan fingerprint density at radius 1 is 1.41 bits per heavy atom. The van der Waals surface area contributed by atoms with Crippen LogP contribution in [-0.2, 0) is 13.7 Å². The molecule has 2 rings (SSSR count). The first-order valence-electron chi connectivity index (χ1n) is 4.94. The number of hydrogen-bond acceptors (Lipinski definition) is 5. The average molecular weight is 254 g/mol. The second-order valence-electron chi connectivity index (χ2n) is 3.36. The van der Waals surface area contributed by atoms with E-state index in [1.807, 2.05) is 12.1 Å². The SMILES string of the molecule is Cn1c(COc2ccccc2Cl)nnc1NN. The van der Waals surface area contributed by atoms with Gasteiger partial charge in [0.25, 0.3) is 0 Å². The Bertz CT molecular complexity index is 513. The molecule has 0 saturated carbocycles. The summed E-state index contributed by atoms with van der Waals surface area (Å²) in [6.45, 7) is 0.273. The molecule has 0 spiro atoms. The quantitative estimate of drug-likeness (QED) is 0.635. The van der Waals surface area contributed by atoms with Crippen molar-refractivity contribution in [3.05, 3.63) is 35.1 Å². The van der Waals surface area contributed by atoms with Gasteiger partial charge >= 0.3 is 0 Å². The number of hydrazine groups is 1. The first-order chi connectivity index (χ1) is 8.22. The number of nitrogen functional groups attached to an aromatic ring is 1. The summed E-state index contributed by atoms with van der Waals surface area (Å²) in [5, 5.41) is 8.33. The Morgan fingerprint density at radius 2 is 2.18 bits per heavy atom. The van der Waals surface area contributed by atoms with E-state index in [0.29, 0.717) is 22.5 Å². The highest BCUT2D eigenvalue weighted by molar-refractivity contribution is 6.32. The molecule has 1 aromatic heterocycles. The van der Waals surface area contributed by atoms with Crippen LogP contribution < -0.4 is 16.0 Å². The van der Waals surface area contributed by atoms with Crippen molar-refractivity contribution in [3.8, 4) is 5.75 Å². The van der Waals surface area contributed by atoms with E-state index in [-0.39, 0.29) is 6.61 Å². The van der Waals surface area contributed by atoms with Gasteiger partial charge in [0.1, 0.15) is 12.4 Å². The van der Waals surface area contributed by atoms with Crippen LogP contribution in [0.5, 0.6) is 5.75 Å². The maximum absolute atomic E-state index is 5.96. The van der Waals surface area contributed by atoms with Gasteiger partial charge in [0.2, 0.25) is 5.95 Å². The fourth-order valence-electron chi connectivity index (χ4n) is 1.32. The lowest BCUT2D eigenvalue weighted by molar-refractivity contribution is 0.291. The minimum absolute atomic E-state index is 0.273. The third-order valence-electron chi connectivity index (χ3n) is 2.29. The molecule has 0 aliphatic heterocycles. The van der Waals surface area contributed by atoms with Crippen LogP contribution in [0.4, 0.5) is 5.95 Å². The molecule has 2 aromatic rings. The average Bonchev–Trinajstić information content (AvgIpc) is 2.69. The van der Waals surface area contributed by atoms with Crippen molar-refractivity contribution in [1.29, 1.82) is 0 Å². The lowest BCUT2D eigenvalue weighted by atomic mass is 10.3. The van der Waals surface area contributed by atoms with Crippen molar-refractivity contribution < 1.29 is 4.74 Å². The highest BCUT2D eigenvalue weighted by Crippen LogP contribution is 2.23. The van der Waals surface area contributed by atoms with Gasteiger partial charge in [-0.05, 0) is 12.1 Å². The predicted octanol–water partition coefficient (Wildman–Crippen LogP) is 1.33. The number of nitrogens with one attached hydrogen (secondary N) is 1. The highest BCUT2D eigenvalue weighted by atomic mass is 35.5. The second kappa shape index (κ2) is 5.03. The molecule has 6 nitrogen and oxygen atoms in total. The Hall–Kier alpha value is -1.79. The summed E-state index contributed by atoms with van der Waals surface area (Å²) in [5.41, 5.74) is 2.43. The number of anilines is 1. The maximum atomic E-state index is 5.96. The summed E-state index contributed by atoms with van der Waals surface area (Å²) in [4.78, 5) is 0. The standard InChI is InChI=1S/C10H12ClN5O/c1-16-9(14-15-10(16)13-12)6-17-8-5-3-2-4-7(8)11/h2-5H,6,12H2,1H3,(H,13,15). The second-order valence-corrected chi connectivity index (χ2v) is 3.77. The van der Waals surface area contributed by atoms with E-state index in [1.165, 1.54) is 0 Å². The number of aromatic nitrogens is 3. The lowest BCUT2D eigenvalue weighted by Gasteiger charge is -2.07. The monoisotopic (exact) mass is 253 g/mol. The Kier molecular flexibility index (Phi) is 3.46. The normalized spacial score (nSPS) is 10.3. The van der Waals surface area contributed by atoms with Crippen LogP contribution in [0, 0.1) is 0 Å². The van der Waals surface area contributed by atoms with Gasteiger partial charge in [0, 0.05) is 7.05 Å². The fourth-order valence-corrected chi connectivity index (χ4v) is 1.51. The molecule has 0 bridgehead atoms. The first-order valence-corrected chi connectivity index (χ1v) is 5.32. The zero-order valence-corrected chi connectivity index (χ0v) is 9.98. The molecule has 0 radical (unpaired) electrons. The highest BCUT2D eigenvalue weighted by Gasteiger charge is 2.08. The number of nitrogens with zero attached hydrogens (tertiary/aromatic N) is 3. The van der Waals surface area contributed by atoms with Crippen LogP contribution in [0.15, 0.2) is 24.3 Å². The molecule has 0 aliphatic rings. The van der Waals surface area contributed by atoms with Crippen molar-refractivity contribution in [2.24, 2.45) is 12.9 Å². The van der Waals surface area contributed by atoms with Gasteiger partial charge in [-0.2, -0.15) is 0 Å². The molecule has 0 amide bonds. The minimum atomic E-state index is 0.273. The number of benzene rings is 1. The first kappa shape index (κ1) is 11.7. The largest absolute Gasteiger partial charge is 0.484 e. The molecule has 1 heterocycles. The molecule has 0 unspecified atom stereocenters. The third-order valence-corrected chi connectivity index (χ3v) is 2.60. The maximum Gasteiger partial charge on any atom is 0.238 e. The number of hydrogen-bond donors (Lipinski definition) is 2. The molecule has 7 heteroatoms. The molecule has 90 valence electrons. The lowest BCUT2D eigenvalue weighted by Crippen LogP contribution is -2.13. The molecular weight excluding hydrogens is 242 g/mol. The predicted molar refractivity (Wildman–Crippen MR) is 64.6 cm³/mol. The minimum Gasteiger partial charge on any atom is -0.484 e. The zero-order chi connectivity index (χ0) is 12.3. The van der Waals surface area contributed by atoms with Gasteiger partial charge in [0.05, 0.1) is 5.02 Å². The summed E-state index contributed by atoms with van der Waals surface area (Å²) < 4.78 is 7.24. The molecule has 0 aliphatic carbocycles. The molecule has 0 atom stereocenters. The van der Waals surface area contributed by atoms with E-state index in [2.05, 4.69) is 15.6 Å². The van der Waals surface area contributed by atoms with E-state index < -0.39 is 0 Å². The van der Waals surface area contributed by atoms with Gasteiger partial charge in [-0.25, -0.2) is 5.84 Å². The van der Waals surface area contributed by atoms with Gasteiger partial charge in [-0.1, -0.05) is 23.7 Å². The van der Waals surface area contributed by atoms with Crippen LogP contribution in [-0.4, -0.2) is 14.8 Å². The molecule has 17 heavy (non-hydrogen) atoms. The van der Waals surface area contributed by atoms with E-state index in [0.717, 1.165) is 0 Å². The van der Waals surface area contributed by atoms with E-state index in [4.69, 9.17) is 22.2 Å². The Labute approximate surface area is 103 Å². The van der Waals surface area contributed by atoms with Crippen molar-refractivity contribution in [1.82, 2.24) is 14.8 Å². The van der Waals surface area contributed by atoms with Crippen LogP contribution in [0.2, 0.25) is 5.02 Å². The Morgan fingerprint density at radius 3 is 2.82 bits per heavy atom. The van der Waals surface area contributed by atoms with E-state index in [9.17, 15) is 0 Å². The summed E-state index contributed by atoms with van der Waals surface area (Å²) >= 11 is 5.96. The number of para-hydroxylation sites is 1. The van der Waals surface area contributed by atoms with Crippen LogP contribution in [0.1, 0.15) is 5.82 Å². The van der Waals surface area contributed by atoms with Gasteiger partial charge in [-0.15, -0.1) is 10.2 Å². The molecule has 1 aromatic carbocycles. The number of ether oxygens (including phenoxy) is 1. The number of nitrogens with two attached hydrogens (primary N) is 1. The molecule has 3 N–H and O–H groups in total. The van der Waals surface area contributed by atoms with Gasteiger partial charge in [-0.3, -0.25) is 9.99 Å². The number of rotatable bonds is 4. The molecule has 0 saturated heterocycles. The molecular formula is C10H12ClN5O. The van der Waals surface area contributed by atoms with E-state index in [1.54, 1.807) is 23.7 Å². The van der Waals surface area contributed by atoms with Gasteiger partial charge in [0.15, 0.2) is 5.82 Å². The van der Waals surface area contributed by atoms with E-state index >= 15 is 0 Å².